The summed E-state index contributed by atoms with van der Waals surface area (Å²) in [6, 6.07) is 20.2. The van der Waals surface area contributed by atoms with Gasteiger partial charge in [-0.15, -0.1) is 5.10 Å². The zero-order valence-corrected chi connectivity index (χ0v) is 12.5. The van der Waals surface area contributed by atoms with Crippen molar-refractivity contribution in [3.05, 3.63) is 65.4 Å². The van der Waals surface area contributed by atoms with E-state index in [1.165, 1.54) is 0 Å². The van der Waals surface area contributed by atoms with E-state index in [-0.39, 0.29) is 0 Å². The van der Waals surface area contributed by atoms with Gasteiger partial charge >= 0.3 is 0 Å². The minimum atomic E-state index is 0.589. The number of hydrogen-bond donors (Lipinski definition) is 1. The monoisotopic (exact) mass is 296 g/mol. The van der Waals surface area contributed by atoms with Gasteiger partial charge in [-0.1, -0.05) is 36.4 Å². The summed E-state index contributed by atoms with van der Waals surface area (Å²) in [7, 11) is 0. The van der Waals surface area contributed by atoms with Crippen molar-refractivity contribution in [1.29, 1.82) is 0 Å². The summed E-state index contributed by atoms with van der Waals surface area (Å²) in [6.07, 6.45) is 0. The molecule has 0 fully saturated rings. The quantitative estimate of drug-likeness (QED) is 0.737. The molecule has 3 aromatic rings. The van der Waals surface area contributed by atoms with E-state index >= 15 is 0 Å². The van der Waals surface area contributed by atoms with Gasteiger partial charge in [0, 0.05) is 12.2 Å². The number of aromatic amines is 1. The molecule has 2 aromatic carbocycles. The summed E-state index contributed by atoms with van der Waals surface area (Å²) >= 11 is 5.39. The molecule has 21 heavy (non-hydrogen) atoms. The Labute approximate surface area is 128 Å². The summed E-state index contributed by atoms with van der Waals surface area (Å²) in [5.41, 5.74) is 2.09. The summed E-state index contributed by atoms with van der Waals surface area (Å²) in [5.74, 6) is 0.792. The molecule has 0 saturated heterocycles. The average Bonchev–Trinajstić information content (AvgIpc) is 2.92. The Kier molecular flexibility index (Phi) is 3.83. The molecule has 4 nitrogen and oxygen atoms in total. The van der Waals surface area contributed by atoms with Crippen LogP contribution in [0, 0.1) is 4.77 Å². The molecule has 106 valence electrons. The van der Waals surface area contributed by atoms with Crippen molar-refractivity contribution >= 4 is 23.9 Å². The SMILES string of the molecule is CCN(c1ccccc1)c1n[nH]c(=S)n1-c1ccccc1. The van der Waals surface area contributed by atoms with Crippen LogP contribution in [-0.2, 0) is 0 Å². The van der Waals surface area contributed by atoms with Gasteiger partial charge in [0.05, 0.1) is 5.69 Å². The smallest absolute Gasteiger partial charge is 0.234 e. The highest BCUT2D eigenvalue weighted by molar-refractivity contribution is 7.71. The second kappa shape index (κ2) is 5.93. The van der Waals surface area contributed by atoms with Gasteiger partial charge in [-0.05, 0) is 43.4 Å². The lowest BCUT2D eigenvalue weighted by atomic mass is 10.3. The lowest BCUT2D eigenvalue weighted by molar-refractivity contribution is 0.911. The molecule has 0 amide bonds. The number of benzene rings is 2. The topological polar surface area (TPSA) is 36.9 Å². The number of nitrogens with zero attached hydrogens (tertiary/aromatic N) is 3. The van der Waals surface area contributed by atoms with Crippen LogP contribution < -0.4 is 4.90 Å². The van der Waals surface area contributed by atoms with Crippen LogP contribution in [0.2, 0.25) is 0 Å². The van der Waals surface area contributed by atoms with Gasteiger partial charge in [-0.2, -0.15) is 0 Å². The van der Waals surface area contributed by atoms with E-state index in [0.29, 0.717) is 4.77 Å². The number of H-pyrrole nitrogens is 1. The predicted molar refractivity (Wildman–Crippen MR) is 87.9 cm³/mol. The molecule has 0 saturated carbocycles. The Morgan fingerprint density at radius 3 is 2.29 bits per heavy atom. The van der Waals surface area contributed by atoms with Gasteiger partial charge < -0.3 is 4.90 Å². The molecule has 0 aliphatic carbocycles. The van der Waals surface area contributed by atoms with Crippen LogP contribution in [0.4, 0.5) is 11.6 Å². The maximum absolute atomic E-state index is 5.39. The van der Waals surface area contributed by atoms with Crippen molar-refractivity contribution in [1.82, 2.24) is 14.8 Å². The van der Waals surface area contributed by atoms with Crippen LogP contribution in [0.5, 0.6) is 0 Å². The Morgan fingerprint density at radius 1 is 1.05 bits per heavy atom. The number of hydrogen-bond acceptors (Lipinski definition) is 3. The van der Waals surface area contributed by atoms with Crippen LogP contribution >= 0.6 is 12.2 Å². The van der Waals surface area contributed by atoms with Crippen LogP contribution in [0.15, 0.2) is 60.7 Å². The van der Waals surface area contributed by atoms with Crippen LogP contribution in [0.1, 0.15) is 6.92 Å². The van der Waals surface area contributed by atoms with Gasteiger partial charge in [-0.25, -0.2) is 5.10 Å². The van der Waals surface area contributed by atoms with E-state index in [1.807, 2.05) is 53.1 Å². The summed E-state index contributed by atoms with van der Waals surface area (Å²) < 4.78 is 2.54. The summed E-state index contributed by atoms with van der Waals surface area (Å²) in [4.78, 5) is 2.12. The normalized spacial score (nSPS) is 10.5. The Balaban J connectivity index is 2.13. The molecule has 0 unspecified atom stereocenters. The van der Waals surface area contributed by atoms with Gasteiger partial charge in [0.15, 0.2) is 0 Å². The highest BCUT2D eigenvalue weighted by Gasteiger charge is 2.15. The van der Waals surface area contributed by atoms with Gasteiger partial charge in [-0.3, -0.25) is 4.57 Å². The first-order valence-corrected chi connectivity index (χ1v) is 7.27. The molecule has 0 atom stereocenters. The van der Waals surface area contributed by atoms with Crippen LogP contribution in [0.25, 0.3) is 5.69 Å². The van der Waals surface area contributed by atoms with Crippen molar-refractivity contribution in [2.45, 2.75) is 6.92 Å². The molecule has 1 N–H and O–H groups in total. The first-order chi connectivity index (χ1) is 10.3. The predicted octanol–water partition coefficient (Wildman–Crippen LogP) is 4.09. The van der Waals surface area contributed by atoms with Crippen molar-refractivity contribution in [3.63, 3.8) is 0 Å². The third kappa shape index (κ3) is 2.60. The number of para-hydroxylation sites is 2. The molecule has 0 bridgehead atoms. The molecule has 0 radical (unpaired) electrons. The minimum Gasteiger partial charge on any atom is -0.311 e. The zero-order valence-electron chi connectivity index (χ0n) is 11.7. The zero-order chi connectivity index (χ0) is 14.7. The molecular formula is C16H16N4S. The minimum absolute atomic E-state index is 0.589. The van der Waals surface area contributed by atoms with E-state index in [2.05, 4.69) is 34.2 Å². The molecule has 5 heteroatoms. The second-order valence-corrected chi connectivity index (χ2v) is 4.97. The third-order valence-electron chi connectivity index (χ3n) is 3.29. The summed E-state index contributed by atoms with van der Waals surface area (Å²) in [6.45, 7) is 2.90. The van der Waals surface area contributed by atoms with Crippen molar-refractivity contribution in [3.8, 4) is 5.69 Å². The molecule has 0 aliphatic rings. The first kappa shape index (κ1) is 13.6. The van der Waals surface area contributed by atoms with Crippen LogP contribution in [-0.4, -0.2) is 21.3 Å². The van der Waals surface area contributed by atoms with Gasteiger partial charge in [0.1, 0.15) is 0 Å². The standard InChI is InChI=1S/C16H16N4S/c1-2-19(13-9-5-3-6-10-13)15-17-18-16(21)20(15)14-11-7-4-8-12-14/h3-12H,2H2,1H3,(H,18,21). The molecule has 0 spiro atoms. The van der Waals surface area contributed by atoms with Gasteiger partial charge in [0.2, 0.25) is 10.7 Å². The lowest BCUT2D eigenvalue weighted by Gasteiger charge is -2.22. The number of nitrogens with one attached hydrogen (secondary N) is 1. The van der Waals surface area contributed by atoms with E-state index in [9.17, 15) is 0 Å². The molecular weight excluding hydrogens is 280 g/mol. The molecule has 3 rings (SSSR count). The van der Waals surface area contributed by atoms with E-state index in [0.717, 1.165) is 23.9 Å². The maximum Gasteiger partial charge on any atom is 0.234 e. The third-order valence-corrected chi connectivity index (χ3v) is 3.57. The van der Waals surface area contributed by atoms with E-state index in [4.69, 9.17) is 12.2 Å². The second-order valence-electron chi connectivity index (χ2n) is 4.58. The number of anilines is 2. The van der Waals surface area contributed by atoms with Crippen molar-refractivity contribution in [2.24, 2.45) is 0 Å². The Hall–Kier alpha value is -2.40. The highest BCUT2D eigenvalue weighted by atomic mass is 32.1. The largest absolute Gasteiger partial charge is 0.311 e. The average molecular weight is 296 g/mol. The maximum atomic E-state index is 5.39. The van der Waals surface area contributed by atoms with Gasteiger partial charge in [0.25, 0.3) is 0 Å². The fourth-order valence-electron chi connectivity index (χ4n) is 2.33. The number of rotatable bonds is 4. The molecule has 1 aromatic heterocycles. The van der Waals surface area contributed by atoms with Crippen molar-refractivity contribution in [2.75, 3.05) is 11.4 Å². The fraction of sp³-hybridized carbons (Fsp3) is 0.125. The highest BCUT2D eigenvalue weighted by Crippen LogP contribution is 2.25. The van der Waals surface area contributed by atoms with Crippen molar-refractivity contribution < 1.29 is 0 Å². The van der Waals surface area contributed by atoms with E-state index in [1.54, 1.807) is 0 Å². The lowest BCUT2D eigenvalue weighted by Crippen LogP contribution is -2.20. The van der Waals surface area contributed by atoms with Crippen LogP contribution in [0.3, 0.4) is 0 Å². The fourth-order valence-corrected chi connectivity index (χ4v) is 2.56. The summed E-state index contributed by atoms with van der Waals surface area (Å²) in [5, 5.41) is 7.31. The number of aromatic nitrogens is 3. The molecule has 0 aliphatic heterocycles. The Bertz CT molecular complexity index is 762. The first-order valence-electron chi connectivity index (χ1n) is 6.86. The van der Waals surface area contributed by atoms with E-state index < -0.39 is 0 Å². The molecule has 1 heterocycles. The Morgan fingerprint density at radius 2 is 1.67 bits per heavy atom.